The van der Waals surface area contributed by atoms with Gasteiger partial charge in [0.2, 0.25) is 0 Å². The number of aliphatic hydroxyl groups is 1. The molecule has 0 atom stereocenters. The van der Waals surface area contributed by atoms with Crippen molar-refractivity contribution in [1.82, 2.24) is 9.88 Å². The van der Waals surface area contributed by atoms with Gasteiger partial charge in [0.25, 0.3) is 5.91 Å². The lowest BCUT2D eigenvalue weighted by Gasteiger charge is -2.34. The van der Waals surface area contributed by atoms with Crippen LogP contribution < -0.4 is 0 Å². The third-order valence-electron chi connectivity index (χ3n) is 3.12. The second-order valence-corrected chi connectivity index (χ2v) is 4.57. The first-order valence-electron chi connectivity index (χ1n) is 5.64. The Balaban J connectivity index is 1.97. The number of aromatic hydroxyl groups is 1. The van der Waals surface area contributed by atoms with Crippen LogP contribution in [0.5, 0.6) is 5.75 Å². The zero-order valence-corrected chi connectivity index (χ0v) is 9.71. The van der Waals surface area contributed by atoms with Crippen LogP contribution in [0, 0.1) is 5.92 Å². The molecule has 0 aromatic carbocycles. The Morgan fingerprint density at radius 2 is 2.29 bits per heavy atom. The molecule has 0 unspecified atom stereocenters. The van der Waals surface area contributed by atoms with Crippen LogP contribution in [0.4, 0.5) is 0 Å². The molecule has 2 N–H and O–H groups in total. The topological polar surface area (TPSA) is 73.7 Å². The molecule has 1 amide bonds. The molecule has 5 nitrogen and oxygen atoms in total. The maximum absolute atomic E-state index is 12.0. The van der Waals surface area contributed by atoms with Crippen LogP contribution >= 0.6 is 0 Å². The first-order valence-corrected chi connectivity index (χ1v) is 5.64. The Kier molecular flexibility index (Phi) is 3.28. The van der Waals surface area contributed by atoms with E-state index in [1.807, 2.05) is 0 Å². The molecule has 0 bridgehead atoms. The lowest BCUT2D eigenvalue weighted by Crippen LogP contribution is -2.39. The van der Waals surface area contributed by atoms with Gasteiger partial charge in [0.15, 0.2) is 0 Å². The first-order chi connectivity index (χ1) is 8.08. The van der Waals surface area contributed by atoms with Crippen molar-refractivity contribution < 1.29 is 15.0 Å². The van der Waals surface area contributed by atoms with Gasteiger partial charge in [-0.1, -0.05) is 0 Å². The van der Waals surface area contributed by atoms with Crippen LogP contribution in [-0.2, 0) is 0 Å². The molecule has 92 valence electrons. The van der Waals surface area contributed by atoms with Crippen LogP contribution in [0.2, 0.25) is 0 Å². The summed E-state index contributed by atoms with van der Waals surface area (Å²) in [4.78, 5) is 17.3. The quantitative estimate of drug-likeness (QED) is 0.807. The minimum Gasteiger partial charge on any atom is -0.505 e. The van der Waals surface area contributed by atoms with Crippen molar-refractivity contribution in [3.05, 3.63) is 24.0 Å². The normalized spacial score (nSPS) is 22.9. The Bertz CT molecular complexity index is 416. The number of pyridine rings is 1. The number of carbonyl (C=O) groups excluding carboxylic acids is 1. The smallest absolute Gasteiger partial charge is 0.257 e. The van der Waals surface area contributed by atoms with Gasteiger partial charge < -0.3 is 15.1 Å². The predicted molar refractivity (Wildman–Crippen MR) is 61.6 cm³/mol. The molecule has 1 heterocycles. The third-order valence-corrected chi connectivity index (χ3v) is 3.12. The average molecular weight is 236 g/mol. The van der Waals surface area contributed by atoms with Gasteiger partial charge in [0, 0.05) is 19.8 Å². The summed E-state index contributed by atoms with van der Waals surface area (Å²) in [6.45, 7) is 0.609. The fourth-order valence-corrected chi connectivity index (χ4v) is 2.09. The Labute approximate surface area is 99.7 Å². The molecule has 1 fully saturated rings. The molecule has 5 heteroatoms. The van der Waals surface area contributed by atoms with E-state index < -0.39 is 0 Å². The van der Waals surface area contributed by atoms with Crippen molar-refractivity contribution >= 4 is 5.91 Å². The second kappa shape index (κ2) is 4.71. The maximum atomic E-state index is 12.0. The number of hydrogen-bond donors (Lipinski definition) is 2. The highest BCUT2D eigenvalue weighted by Crippen LogP contribution is 2.28. The minimum absolute atomic E-state index is 0.0991. The highest BCUT2D eigenvalue weighted by atomic mass is 16.3. The monoisotopic (exact) mass is 236 g/mol. The highest BCUT2D eigenvalue weighted by Gasteiger charge is 2.29. The summed E-state index contributed by atoms with van der Waals surface area (Å²) in [5.74, 6) is 0.0483. The molecule has 0 radical (unpaired) electrons. The van der Waals surface area contributed by atoms with Gasteiger partial charge in [-0.25, -0.2) is 0 Å². The number of hydrogen-bond acceptors (Lipinski definition) is 4. The number of rotatable bonds is 3. The zero-order valence-electron chi connectivity index (χ0n) is 9.71. The van der Waals surface area contributed by atoms with E-state index in [4.69, 9.17) is 0 Å². The molecule has 1 aliphatic carbocycles. The summed E-state index contributed by atoms with van der Waals surface area (Å²) in [5.41, 5.74) is 0.266. The Hall–Kier alpha value is -1.62. The molecule has 0 spiro atoms. The number of nitrogens with zero attached hydrogens (tertiary/aromatic N) is 2. The molecule has 1 saturated carbocycles. The predicted octanol–water partition coefficient (Wildman–Crippen LogP) is 0.630. The fraction of sp³-hybridized carbons (Fsp3) is 0.500. The summed E-state index contributed by atoms with van der Waals surface area (Å²) in [6, 6.07) is 1.50. The van der Waals surface area contributed by atoms with Crippen molar-refractivity contribution in [2.24, 2.45) is 5.92 Å². The molecular weight excluding hydrogens is 220 g/mol. The minimum atomic E-state index is -0.216. The molecule has 0 saturated heterocycles. The van der Waals surface area contributed by atoms with E-state index in [9.17, 15) is 15.0 Å². The van der Waals surface area contributed by atoms with E-state index in [0.29, 0.717) is 12.5 Å². The van der Waals surface area contributed by atoms with E-state index in [2.05, 4.69) is 4.98 Å². The number of carbonyl (C=O) groups is 1. The second-order valence-electron chi connectivity index (χ2n) is 4.57. The number of aliphatic hydroxyl groups excluding tert-OH is 1. The summed E-state index contributed by atoms with van der Waals surface area (Å²) in [7, 11) is 1.70. The summed E-state index contributed by atoms with van der Waals surface area (Å²) < 4.78 is 0. The zero-order chi connectivity index (χ0) is 12.4. The van der Waals surface area contributed by atoms with Crippen LogP contribution in [-0.4, -0.2) is 45.7 Å². The van der Waals surface area contributed by atoms with Crippen molar-refractivity contribution in [2.75, 3.05) is 13.6 Å². The first kappa shape index (κ1) is 11.9. The molecule has 2 rings (SSSR count). The number of amides is 1. The lowest BCUT2D eigenvalue weighted by molar-refractivity contribution is 0.0264. The van der Waals surface area contributed by atoms with Crippen LogP contribution in [0.1, 0.15) is 23.2 Å². The van der Waals surface area contributed by atoms with E-state index in [1.165, 1.54) is 18.5 Å². The summed E-state index contributed by atoms with van der Waals surface area (Å²) in [5, 5.41) is 18.7. The van der Waals surface area contributed by atoms with Gasteiger partial charge >= 0.3 is 0 Å². The van der Waals surface area contributed by atoms with E-state index in [1.54, 1.807) is 11.9 Å². The van der Waals surface area contributed by atoms with Gasteiger partial charge in [-0.2, -0.15) is 0 Å². The van der Waals surface area contributed by atoms with Crippen molar-refractivity contribution in [1.29, 1.82) is 0 Å². The van der Waals surface area contributed by atoms with E-state index in [0.717, 1.165) is 12.8 Å². The van der Waals surface area contributed by atoms with Gasteiger partial charge in [-0.3, -0.25) is 9.78 Å². The van der Waals surface area contributed by atoms with Crippen LogP contribution in [0.15, 0.2) is 18.5 Å². The Morgan fingerprint density at radius 3 is 2.88 bits per heavy atom. The van der Waals surface area contributed by atoms with Gasteiger partial charge in [0.1, 0.15) is 5.75 Å². The maximum Gasteiger partial charge on any atom is 0.257 e. The molecule has 1 aromatic rings. The van der Waals surface area contributed by atoms with Gasteiger partial charge in [0.05, 0.1) is 17.9 Å². The fourth-order valence-electron chi connectivity index (χ4n) is 2.09. The summed E-state index contributed by atoms with van der Waals surface area (Å²) in [6.07, 6.45) is 4.03. The van der Waals surface area contributed by atoms with Gasteiger partial charge in [-0.15, -0.1) is 0 Å². The number of aromatic nitrogens is 1. The van der Waals surface area contributed by atoms with E-state index >= 15 is 0 Å². The van der Waals surface area contributed by atoms with Crippen molar-refractivity contribution in [2.45, 2.75) is 18.9 Å². The average Bonchev–Trinajstić information content (AvgIpc) is 2.26. The molecule has 1 aliphatic rings. The van der Waals surface area contributed by atoms with Gasteiger partial charge in [-0.05, 0) is 24.8 Å². The summed E-state index contributed by atoms with van der Waals surface area (Å²) >= 11 is 0. The standard InChI is InChI=1S/C12H16N2O3/c1-14(7-8-4-9(15)5-8)12(17)10-2-3-13-6-11(10)16/h2-3,6,8-9,15-16H,4-5,7H2,1H3. The highest BCUT2D eigenvalue weighted by molar-refractivity contribution is 5.96. The van der Waals surface area contributed by atoms with Crippen molar-refractivity contribution in [3.63, 3.8) is 0 Å². The van der Waals surface area contributed by atoms with Crippen LogP contribution in [0.25, 0.3) is 0 Å². The molecular formula is C12H16N2O3. The van der Waals surface area contributed by atoms with Crippen LogP contribution in [0.3, 0.4) is 0 Å². The SMILES string of the molecule is CN(CC1CC(O)C1)C(=O)c1ccncc1O. The largest absolute Gasteiger partial charge is 0.505 e. The Morgan fingerprint density at radius 1 is 1.59 bits per heavy atom. The van der Waals surface area contributed by atoms with E-state index in [-0.39, 0.29) is 23.3 Å². The molecule has 1 aromatic heterocycles. The lowest BCUT2D eigenvalue weighted by atomic mass is 9.82. The molecule has 0 aliphatic heterocycles. The van der Waals surface area contributed by atoms with Crippen molar-refractivity contribution in [3.8, 4) is 5.75 Å². The molecule has 17 heavy (non-hydrogen) atoms. The third kappa shape index (κ3) is 2.55.